The number of nitrogens with zero attached hydrogens (tertiary/aromatic N) is 2. The van der Waals surface area contributed by atoms with E-state index in [1.807, 2.05) is 23.1 Å². The molecule has 0 radical (unpaired) electrons. The summed E-state index contributed by atoms with van der Waals surface area (Å²) in [7, 11) is 1.66. The molecule has 1 aromatic carbocycles. The molecule has 5 nitrogen and oxygen atoms in total. The Kier molecular flexibility index (Phi) is 4.04. The highest BCUT2D eigenvalue weighted by atomic mass is 16.5. The minimum absolute atomic E-state index is 0.0280. The monoisotopic (exact) mass is 249 g/mol. The van der Waals surface area contributed by atoms with Crippen LogP contribution in [-0.2, 0) is 4.79 Å². The number of rotatable bonds is 3. The molecule has 98 valence electrons. The van der Waals surface area contributed by atoms with Crippen molar-refractivity contribution in [2.24, 2.45) is 5.73 Å². The predicted molar refractivity (Wildman–Crippen MR) is 70.8 cm³/mol. The molecule has 0 spiro atoms. The second-order valence-corrected chi connectivity index (χ2v) is 4.27. The largest absolute Gasteiger partial charge is 0.497 e. The Morgan fingerprint density at radius 2 is 2.06 bits per heavy atom. The van der Waals surface area contributed by atoms with Crippen molar-refractivity contribution in [3.63, 3.8) is 0 Å². The van der Waals surface area contributed by atoms with Crippen LogP contribution in [0.4, 0.5) is 5.69 Å². The van der Waals surface area contributed by atoms with E-state index >= 15 is 0 Å². The molecule has 5 heteroatoms. The minimum Gasteiger partial charge on any atom is -0.497 e. The number of nitrogens with two attached hydrogens (primary N) is 1. The third-order valence-corrected chi connectivity index (χ3v) is 3.23. The van der Waals surface area contributed by atoms with E-state index in [1.165, 1.54) is 0 Å². The molecule has 1 aliphatic rings. The molecular weight excluding hydrogens is 230 g/mol. The average Bonchev–Trinajstić information content (AvgIpc) is 2.46. The van der Waals surface area contributed by atoms with Crippen LogP contribution in [0.3, 0.4) is 0 Å². The SMILES string of the molecule is COc1cccc(N2CCN(C(=O)CN)CC2)c1. The van der Waals surface area contributed by atoms with Crippen LogP contribution in [0.15, 0.2) is 24.3 Å². The van der Waals surface area contributed by atoms with E-state index in [-0.39, 0.29) is 12.5 Å². The summed E-state index contributed by atoms with van der Waals surface area (Å²) in [5.41, 5.74) is 6.50. The Hall–Kier alpha value is -1.75. The molecule has 0 saturated carbocycles. The normalized spacial score (nSPS) is 15.7. The number of hydrogen-bond acceptors (Lipinski definition) is 4. The standard InChI is InChI=1S/C13H19N3O2/c1-18-12-4-2-3-11(9-12)15-5-7-16(8-6-15)13(17)10-14/h2-4,9H,5-8,10,14H2,1H3. The van der Waals surface area contributed by atoms with Gasteiger partial charge in [-0.3, -0.25) is 4.79 Å². The number of benzene rings is 1. The number of methoxy groups -OCH3 is 1. The molecule has 2 N–H and O–H groups in total. The van der Waals surface area contributed by atoms with Crippen molar-refractivity contribution in [2.45, 2.75) is 0 Å². The summed E-state index contributed by atoms with van der Waals surface area (Å²) in [6, 6.07) is 7.98. The van der Waals surface area contributed by atoms with Crippen LogP contribution in [-0.4, -0.2) is 50.6 Å². The van der Waals surface area contributed by atoms with Crippen molar-refractivity contribution >= 4 is 11.6 Å². The first-order chi connectivity index (χ1) is 8.74. The molecule has 1 aromatic rings. The van der Waals surface area contributed by atoms with Gasteiger partial charge in [0.2, 0.25) is 5.91 Å². The molecule has 1 fully saturated rings. The lowest BCUT2D eigenvalue weighted by Crippen LogP contribution is -2.50. The molecular formula is C13H19N3O2. The lowest BCUT2D eigenvalue weighted by molar-refractivity contribution is -0.129. The molecule has 0 atom stereocenters. The van der Waals surface area contributed by atoms with Crippen LogP contribution >= 0.6 is 0 Å². The minimum atomic E-state index is 0.0280. The summed E-state index contributed by atoms with van der Waals surface area (Å²) >= 11 is 0. The Bertz CT molecular complexity index is 414. The van der Waals surface area contributed by atoms with Crippen molar-refractivity contribution in [3.05, 3.63) is 24.3 Å². The van der Waals surface area contributed by atoms with Crippen LogP contribution in [0.2, 0.25) is 0 Å². The van der Waals surface area contributed by atoms with Crippen LogP contribution in [0.5, 0.6) is 5.75 Å². The molecule has 0 aromatic heterocycles. The highest BCUT2D eigenvalue weighted by Crippen LogP contribution is 2.21. The highest BCUT2D eigenvalue weighted by Gasteiger charge is 2.20. The number of ether oxygens (including phenoxy) is 1. The van der Waals surface area contributed by atoms with E-state index in [4.69, 9.17) is 10.5 Å². The van der Waals surface area contributed by atoms with Gasteiger partial charge < -0.3 is 20.3 Å². The summed E-state index contributed by atoms with van der Waals surface area (Å²) in [5.74, 6) is 0.883. The first-order valence-electron chi connectivity index (χ1n) is 6.11. The quantitative estimate of drug-likeness (QED) is 0.837. The van der Waals surface area contributed by atoms with Crippen molar-refractivity contribution in [2.75, 3.05) is 44.7 Å². The molecule has 0 aliphatic carbocycles. The topological polar surface area (TPSA) is 58.8 Å². The van der Waals surface area contributed by atoms with Crippen molar-refractivity contribution in [3.8, 4) is 5.75 Å². The van der Waals surface area contributed by atoms with Gasteiger partial charge in [0.15, 0.2) is 0 Å². The molecule has 2 rings (SSSR count). The van der Waals surface area contributed by atoms with Crippen molar-refractivity contribution in [1.82, 2.24) is 4.90 Å². The molecule has 1 heterocycles. The van der Waals surface area contributed by atoms with Gasteiger partial charge >= 0.3 is 0 Å². The van der Waals surface area contributed by atoms with Crippen molar-refractivity contribution < 1.29 is 9.53 Å². The first-order valence-corrected chi connectivity index (χ1v) is 6.11. The molecule has 0 unspecified atom stereocenters. The molecule has 0 bridgehead atoms. The summed E-state index contributed by atoms with van der Waals surface area (Å²) in [4.78, 5) is 15.5. The highest BCUT2D eigenvalue weighted by molar-refractivity contribution is 5.78. The van der Waals surface area contributed by atoms with Crippen LogP contribution in [0.1, 0.15) is 0 Å². The van der Waals surface area contributed by atoms with E-state index < -0.39 is 0 Å². The second kappa shape index (κ2) is 5.73. The maximum absolute atomic E-state index is 11.5. The van der Waals surface area contributed by atoms with Gasteiger partial charge in [0.1, 0.15) is 5.75 Å². The summed E-state index contributed by atoms with van der Waals surface area (Å²) < 4.78 is 5.21. The third kappa shape index (κ3) is 2.73. The number of amides is 1. The van der Waals surface area contributed by atoms with Gasteiger partial charge in [0.05, 0.1) is 13.7 Å². The van der Waals surface area contributed by atoms with Gasteiger partial charge in [-0.25, -0.2) is 0 Å². The Morgan fingerprint density at radius 3 is 2.67 bits per heavy atom. The summed E-state index contributed by atoms with van der Waals surface area (Å²) in [5, 5.41) is 0. The first kappa shape index (κ1) is 12.7. The maximum atomic E-state index is 11.5. The van der Waals surface area contributed by atoms with E-state index in [0.29, 0.717) is 0 Å². The summed E-state index contributed by atoms with van der Waals surface area (Å²) in [6.45, 7) is 3.22. The Balaban J connectivity index is 1.98. The third-order valence-electron chi connectivity index (χ3n) is 3.23. The maximum Gasteiger partial charge on any atom is 0.236 e. The zero-order valence-corrected chi connectivity index (χ0v) is 10.6. The van der Waals surface area contributed by atoms with Crippen LogP contribution in [0, 0.1) is 0 Å². The van der Waals surface area contributed by atoms with E-state index in [0.717, 1.165) is 37.6 Å². The van der Waals surface area contributed by atoms with E-state index in [9.17, 15) is 4.79 Å². The lowest BCUT2D eigenvalue weighted by Gasteiger charge is -2.36. The van der Waals surface area contributed by atoms with E-state index in [2.05, 4.69) is 11.0 Å². The van der Waals surface area contributed by atoms with Gasteiger partial charge in [0, 0.05) is 37.9 Å². The number of hydrogen-bond donors (Lipinski definition) is 1. The van der Waals surface area contributed by atoms with Crippen molar-refractivity contribution in [1.29, 1.82) is 0 Å². The fourth-order valence-corrected chi connectivity index (χ4v) is 2.15. The average molecular weight is 249 g/mol. The van der Waals surface area contributed by atoms with Gasteiger partial charge in [0.25, 0.3) is 0 Å². The summed E-state index contributed by atoms with van der Waals surface area (Å²) in [6.07, 6.45) is 0. The Labute approximate surface area is 107 Å². The fourth-order valence-electron chi connectivity index (χ4n) is 2.15. The zero-order valence-electron chi connectivity index (χ0n) is 10.6. The van der Waals surface area contributed by atoms with Crippen LogP contribution < -0.4 is 15.4 Å². The number of anilines is 1. The number of carbonyl (C=O) groups excluding carboxylic acids is 1. The van der Waals surface area contributed by atoms with Gasteiger partial charge in [-0.2, -0.15) is 0 Å². The predicted octanol–water partition coefficient (Wildman–Crippen LogP) is 0.303. The van der Waals surface area contributed by atoms with Gasteiger partial charge in [-0.1, -0.05) is 6.07 Å². The fraction of sp³-hybridized carbons (Fsp3) is 0.462. The van der Waals surface area contributed by atoms with Gasteiger partial charge in [-0.15, -0.1) is 0 Å². The lowest BCUT2D eigenvalue weighted by atomic mass is 10.2. The van der Waals surface area contributed by atoms with Gasteiger partial charge in [-0.05, 0) is 12.1 Å². The second-order valence-electron chi connectivity index (χ2n) is 4.27. The molecule has 1 amide bonds. The number of piperazine rings is 1. The number of carbonyl (C=O) groups is 1. The molecule has 18 heavy (non-hydrogen) atoms. The van der Waals surface area contributed by atoms with Crippen LogP contribution in [0.25, 0.3) is 0 Å². The zero-order chi connectivity index (χ0) is 13.0. The molecule has 1 saturated heterocycles. The Morgan fingerprint density at radius 1 is 1.33 bits per heavy atom. The van der Waals surface area contributed by atoms with E-state index in [1.54, 1.807) is 7.11 Å². The smallest absolute Gasteiger partial charge is 0.236 e. The molecule has 1 aliphatic heterocycles.